The molecule has 20 heavy (non-hydrogen) atoms. The van der Waals surface area contributed by atoms with E-state index in [-0.39, 0.29) is 6.04 Å². The van der Waals surface area contributed by atoms with Gasteiger partial charge in [-0.15, -0.1) is 11.6 Å². The lowest BCUT2D eigenvalue weighted by Crippen LogP contribution is -2.09. The minimum Gasteiger partial charge on any atom is -0.497 e. The number of furan rings is 1. The summed E-state index contributed by atoms with van der Waals surface area (Å²) in [6.07, 6.45) is 1.67. The summed E-state index contributed by atoms with van der Waals surface area (Å²) in [4.78, 5) is 4.58. The van der Waals surface area contributed by atoms with Crippen molar-refractivity contribution in [3.63, 3.8) is 0 Å². The van der Waals surface area contributed by atoms with Gasteiger partial charge in [-0.2, -0.15) is 0 Å². The van der Waals surface area contributed by atoms with Crippen molar-refractivity contribution in [2.75, 3.05) is 7.11 Å². The van der Waals surface area contributed by atoms with Crippen LogP contribution >= 0.6 is 11.6 Å². The molecule has 5 heteroatoms. The minimum absolute atomic E-state index is 0.0390. The highest BCUT2D eigenvalue weighted by atomic mass is 35.5. The number of halogens is 1. The van der Waals surface area contributed by atoms with Crippen molar-refractivity contribution < 1.29 is 9.15 Å². The van der Waals surface area contributed by atoms with Gasteiger partial charge in [0.1, 0.15) is 17.3 Å². The van der Waals surface area contributed by atoms with Crippen molar-refractivity contribution in [1.82, 2.24) is 9.55 Å². The van der Waals surface area contributed by atoms with Crippen molar-refractivity contribution in [2.45, 2.75) is 18.8 Å². The van der Waals surface area contributed by atoms with E-state index in [0.29, 0.717) is 5.88 Å². The summed E-state index contributed by atoms with van der Waals surface area (Å²) in [5.74, 6) is 2.83. The first-order valence-electron chi connectivity index (χ1n) is 6.39. The van der Waals surface area contributed by atoms with Crippen LogP contribution in [0, 0.1) is 0 Å². The highest BCUT2D eigenvalue weighted by molar-refractivity contribution is 6.16. The second kappa shape index (κ2) is 5.21. The van der Waals surface area contributed by atoms with Gasteiger partial charge in [0.15, 0.2) is 0 Å². The van der Waals surface area contributed by atoms with Crippen molar-refractivity contribution in [3.05, 3.63) is 48.2 Å². The van der Waals surface area contributed by atoms with E-state index in [0.717, 1.165) is 28.4 Å². The Labute approximate surface area is 121 Å². The second-order valence-corrected chi connectivity index (χ2v) is 4.84. The topological polar surface area (TPSA) is 40.2 Å². The lowest BCUT2D eigenvalue weighted by Gasteiger charge is -2.14. The monoisotopic (exact) mass is 290 g/mol. The summed E-state index contributed by atoms with van der Waals surface area (Å²) in [5, 5.41) is 0. The Kier molecular flexibility index (Phi) is 3.40. The minimum atomic E-state index is 0.0390. The highest BCUT2D eigenvalue weighted by Gasteiger charge is 2.18. The van der Waals surface area contributed by atoms with E-state index >= 15 is 0 Å². The molecule has 2 aromatic heterocycles. The summed E-state index contributed by atoms with van der Waals surface area (Å²) in [7, 11) is 1.64. The molecule has 0 N–H and O–H groups in total. The molecule has 0 aliphatic rings. The number of alkyl halides is 1. The van der Waals surface area contributed by atoms with Crippen LogP contribution in [-0.2, 0) is 5.88 Å². The largest absolute Gasteiger partial charge is 0.497 e. The Bertz CT molecular complexity index is 719. The van der Waals surface area contributed by atoms with Gasteiger partial charge in [0.05, 0.1) is 36.3 Å². The molecular formula is C15H15ClN2O2. The molecule has 1 atom stereocenters. The molecule has 0 saturated heterocycles. The van der Waals surface area contributed by atoms with E-state index in [2.05, 4.69) is 16.5 Å². The van der Waals surface area contributed by atoms with Gasteiger partial charge in [0.2, 0.25) is 0 Å². The molecule has 0 fully saturated rings. The maximum Gasteiger partial charge on any atom is 0.126 e. The van der Waals surface area contributed by atoms with Crippen molar-refractivity contribution in [1.29, 1.82) is 0 Å². The van der Waals surface area contributed by atoms with E-state index in [1.165, 1.54) is 0 Å². The Morgan fingerprint density at radius 3 is 2.90 bits per heavy atom. The second-order valence-electron chi connectivity index (χ2n) is 4.58. The average molecular weight is 291 g/mol. The third-order valence-electron chi connectivity index (χ3n) is 3.43. The quantitative estimate of drug-likeness (QED) is 0.682. The molecule has 0 aliphatic heterocycles. The van der Waals surface area contributed by atoms with E-state index in [4.69, 9.17) is 20.8 Å². The Morgan fingerprint density at radius 1 is 1.40 bits per heavy atom. The first-order valence-corrected chi connectivity index (χ1v) is 6.92. The molecule has 0 amide bonds. The lowest BCUT2D eigenvalue weighted by atomic mass is 10.2. The smallest absolute Gasteiger partial charge is 0.126 e. The predicted octanol–water partition coefficient (Wildman–Crippen LogP) is 3.99. The normalized spacial score (nSPS) is 12.8. The van der Waals surface area contributed by atoms with Gasteiger partial charge < -0.3 is 13.7 Å². The molecule has 104 valence electrons. The van der Waals surface area contributed by atoms with Gasteiger partial charge in [-0.1, -0.05) is 0 Å². The molecule has 1 aromatic carbocycles. The Balaban J connectivity index is 2.18. The van der Waals surface area contributed by atoms with Crippen LogP contribution in [0.2, 0.25) is 0 Å². The molecule has 0 bridgehead atoms. The maximum atomic E-state index is 6.04. The fourth-order valence-corrected chi connectivity index (χ4v) is 2.63. The average Bonchev–Trinajstić information content (AvgIpc) is 3.12. The van der Waals surface area contributed by atoms with E-state index in [1.807, 2.05) is 30.3 Å². The fourth-order valence-electron chi connectivity index (χ4n) is 2.44. The number of fused-ring (bicyclic) bond motifs is 1. The van der Waals surface area contributed by atoms with Gasteiger partial charge in [0.25, 0.3) is 0 Å². The zero-order valence-electron chi connectivity index (χ0n) is 11.3. The van der Waals surface area contributed by atoms with Crippen LogP contribution in [0.1, 0.15) is 24.6 Å². The standard InChI is InChI=1S/C15H15ClN2O2/c1-10(14-4-3-7-20-14)18-13-6-5-11(19-2)8-12(13)17-15(18)9-16/h3-8,10H,9H2,1-2H3. The Morgan fingerprint density at radius 2 is 2.25 bits per heavy atom. The lowest BCUT2D eigenvalue weighted by molar-refractivity contribution is 0.415. The summed E-state index contributed by atoms with van der Waals surface area (Å²) >= 11 is 6.04. The number of rotatable bonds is 4. The van der Waals surface area contributed by atoms with Crippen molar-refractivity contribution in [2.24, 2.45) is 0 Å². The van der Waals surface area contributed by atoms with Gasteiger partial charge in [-0.25, -0.2) is 4.98 Å². The maximum absolute atomic E-state index is 6.04. The zero-order chi connectivity index (χ0) is 14.1. The molecule has 0 radical (unpaired) electrons. The van der Waals surface area contributed by atoms with Crippen molar-refractivity contribution in [3.8, 4) is 5.75 Å². The number of benzene rings is 1. The zero-order valence-corrected chi connectivity index (χ0v) is 12.1. The first kappa shape index (κ1) is 13.1. The van der Waals surface area contributed by atoms with Crippen LogP contribution < -0.4 is 4.74 Å². The molecule has 4 nitrogen and oxygen atoms in total. The molecule has 3 rings (SSSR count). The van der Waals surface area contributed by atoms with E-state index in [9.17, 15) is 0 Å². The van der Waals surface area contributed by atoms with Crippen LogP contribution in [0.4, 0.5) is 0 Å². The third kappa shape index (κ3) is 2.06. The molecule has 0 spiro atoms. The molecule has 1 unspecified atom stereocenters. The molecule has 2 heterocycles. The number of imidazole rings is 1. The van der Waals surface area contributed by atoms with E-state index < -0.39 is 0 Å². The molecule has 3 aromatic rings. The fraction of sp³-hybridized carbons (Fsp3) is 0.267. The summed E-state index contributed by atoms with van der Waals surface area (Å²) < 4.78 is 12.8. The third-order valence-corrected chi connectivity index (χ3v) is 3.67. The number of nitrogens with zero attached hydrogens (tertiary/aromatic N) is 2. The highest BCUT2D eigenvalue weighted by Crippen LogP contribution is 2.29. The number of hydrogen-bond donors (Lipinski definition) is 0. The van der Waals surface area contributed by atoms with Gasteiger partial charge in [-0.3, -0.25) is 0 Å². The van der Waals surface area contributed by atoms with Crippen LogP contribution in [0.25, 0.3) is 11.0 Å². The number of aromatic nitrogens is 2. The van der Waals surface area contributed by atoms with Crippen LogP contribution in [0.5, 0.6) is 5.75 Å². The van der Waals surface area contributed by atoms with E-state index in [1.54, 1.807) is 13.4 Å². The first-order chi connectivity index (χ1) is 9.74. The van der Waals surface area contributed by atoms with Crippen LogP contribution in [0.15, 0.2) is 41.0 Å². The summed E-state index contributed by atoms with van der Waals surface area (Å²) in [6.45, 7) is 2.07. The van der Waals surface area contributed by atoms with Crippen LogP contribution in [0.3, 0.4) is 0 Å². The summed E-state index contributed by atoms with van der Waals surface area (Å²) in [6, 6.07) is 9.71. The molecular weight excluding hydrogens is 276 g/mol. The Hall–Kier alpha value is -1.94. The number of ether oxygens (including phenoxy) is 1. The molecule has 0 saturated carbocycles. The van der Waals surface area contributed by atoms with Gasteiger partial charge >= 0.3 is 0 Å². The number of methoxy groups -OCH3 is 1. The summed E-state index contributed by atoms with van der Waals surface area (Å²) in [5.41, 5.74) is 1.89. The van der Waals surface area contributed by atoms with Gasteiger partial charge in [0, 0.05) is 6.07 Å². The SMILES string of the molecule is COc1ccc2c(c1)nc(CCl)n2C(C)c1ccco1. The van der Waals surface area contributed by atoms with Crippen LogP contribution in [-0.4, -0.2) is 16.7 Å². The predicted molar refractivity (Wildman–Crippen MR) is 78.4 cm³/mol. The number of hydrogen-bond acceptors (Lipinski definition) is 3. The van der Waals surface area contributed by atoms with Crippen molar-refractivity contribution >= 4 is 22.6 Å². The molecule has 0 aliphatic carbocycles. The van der Waals surface area contributed by atoms with Gasteiger partial charge in [-0.05, 0) is 31.2 Å².